The number of carbonyl (C=O) groups excluding carboxylic acids is 2. The highest BCUT2D eigenvalue weighted by Gasteiger charge is 2.15. The lowest BCUT2D eigenvalue weighted by molar-refractivity contribution is 0.0970. The van der Waals surface area contributed by atoms with E-state index in [4.69, 9.17) is 22.7 Å². The lowest BCUT2D eigenvalue weighted by Gasteiger charge is -2.14. The number of thiocarbonyl (C=S) groups is 1. The third-order valence-electron chi connectivity index (χ3n) is 3.39. The number of benzene rings is 2. The molecule has 0 atom stereocenters. The molecule has 0 saturated heterocycles. The minimum absolute atomic E-state index is 0.0939. The maximum absolute atomic E-state index is 12.6. The Hall–Kier alpha value is -2.45. The van der Waals surface area contributed by atoms with Crippen LogP contribution in [0, 0.1) is 5.92 Å². The molecule has 142 valence electrons. The van der Waals surface area contributed by atoms with E-state index in [2.05, 4.69) is 26.6 Å². The summed E-state index contributed by atoms with van der Waals surface area (Å²) in [6, 6.07) is 11.7. The number of hydrogen-bond acceptors (Lipinski definition) is 4. The molecule has 6 nitrogen and oxygen atoms in total. The molecule has 0 fully saturated rings. The molecule has 0 bridgehead atoms. The summed E-state index contributed by atoms with van der Waals surface area (Å²) in [7, 11) is 0. The highest BCUT2D eigenvalue weighted by molar-refractivity contribution is 9.10. The van der Waals surface area contributed by atoms with Crippen LogP contribution in [0.15, 0.2) is 46.9 Å². The van der Waals surface area contributed by atoms with Gasteiger partial charge >= 0.3 is 0 Å². The number of primary amides is 1. The lowest BCUT2D eigenvalue weighted by atomic mass is 10.2. The fraction of sp³-hybridized carbons (Fsp3) is 0.211. The van der Waals surface area contributed by atoms with Crippen LogP contribution in [0.25, 0.3) is 0 Å². The first-order valence-electron chi connectivity index (χ1n) is 8.21. The van der Waals surface area contributed by atoms with E-state index in [0.717, 1.165) is 4.47 Å². The summed E-state index contributed by atoms with van der Waals surface area (Å²) >= 11 is 8.55. The van der Waals surface area contributed by atoms with Gasteiger partial charge in [0.05, 0.1) is 12.2 Å². The second kappa shape index (κ2) is 9.48. The van der Waals surface area contributed by atoms with E-state index in [9.17, 15) is 9.59 Å². The van der Waals surface area contributed by atoms with Crippen molar-refractivity contribution < 1.29 is 14.3 Å². The number of amides is 2. The van der Waals surface area contributed by atoms with Gasteiger partial charge in [-0.3, -0.25) is 14.9 Å². The van der Waals surface area contributed by atoms with Crippen molar-refractivity contribution in [2.24, 2.45) is 11.7 Å². The van der Waals surface area contributed by atoms with Crippen LogP contribution < -0.4 is 21.1 Å². The van der Waals surface area contributed by atoms with E-state index in [-0.39, 0.29) is 5.11 Å². The minimum atomic E-state index is -0.547. The molecule has 0 aliphatic rings. The van der Waals surface area contributed by atoms with Gasteiger partial charge in [0.2, 0.25) is 5.91 Å². The highest BCUT2D eigenvalue weighted by atomic mass is 79.9. The first kappa shape index (κ1) is 20.9. The molecule has 0 aliphatic heterocycles. The second-order valence-electron chi connectivity index (χ2n) is 6.20. The maximum Gasteiger partial charge on any atom is 0.261 e. The second-order valence-corrected chi connectivity index (χ2v) is 7.52. The van der Waals surface area contributed by atoms with Crippen molar-refractivity contribution in [2.75, 3.05) is 11.9 Å². The largest absolute Gasteiger partial charge is 0.492 e. The maximum atomic E-state index is 12.6. The fourth-order valence-electron chi connectivity index (χ4n) is 2.14. The first-order valence-corrected chi connectivity index (χ1v) is 9.41. The van der Waals surface area contributed by atoms with Crippen LogP contribution in [0.3, 0.4) is 0 Å². The van der Waals surface area contributed by atoms with Gasteiger partial charge in [0.25, 0.3) is 5.91 Å². The summed E-state index contributed by atoms with van der Waals surface area (Å²) in [4.78, 5) is 23.9. The van der Waals surface area contributed by atoms with Gasteiger partial charge in [0.1, 0.15) is 5.75 Å². The van der Waals surface area contributed by atoms with E-state index < -0.39 is 11.8 Å². The van der Waals surface area contributed by atoms with Crippen LogP contribution >= 0.6 is 28.1 Å². The van der Waals surface area contributed by atoms with E-state index in [1.165, 1.54) is 0 Å². The van der Waals surface area contributed by atoms with Gasteiger partial charge in [-0.2, -0.15) is 0 Å². The van der Waals surface area contributed by atoms with Crippen molar-refractivity contribution in [1.82, 2.24) is 5.32 Å². The van der Waals surface area contributed by atoms with Crippen molar-refractivity contribution in [3.63, 3.8) is 0 Å². The third-order valence-corrected chi connectivity index (χ3v) is 4.09. The average Bonchev–Trinajstić information content (AvgIpc) is 2.60. The molecule has 0 heterocycles. The predicted octanol–water partition coefficient (Wildman–Crippen LogP) is 3.71. The zero-order chi connectivity index (χ0) is 20.0. The Morgan fingerprint density at radius 1 is 1.22 bits per heavy atom. The molecule has 4 N–H and O–H groups in total. The van der Waals surface area contributed by atoms with Gasteiger partial charge in [-0.25, -0.2) is 0 Å². The third kappa shape index (κ3) is 6.33. The molecule has 0 unspecified atom stereocenters. The predicted molar refractivity (Wildman–Crippen MR) is 113 cm³/mol. The fourth-order valence-corrected chi connectivity index (χ4v) is 2.72. The molecule has 0 aromatic heterocycles. The minimum Gasteiger partial charge on any atom is -0.492 e. The van der Waals surface area contributed by atoms with Gasteiger partial charge in [-0.1, -0.05) is 35.8 Å². The van der Waals surface area contributed by atoms with E-state index in [0.29, 0.717) is 35.1 Å². The van der Waals surface area contributed by atoms with Gasteiger partial charge < -0.3 is 15.8 Å². The van der Waals surface area contributed by atoms with Crippen LogP contribution in [0.1, 0.15) is 34.6 Å². The SMILES string of the molecule is CC(C)COc1ccc(Br)cc1C(=O)NC(=S)Nc1cccc(C(N)=O)c1. The number of nitrogens with two attached hydrogens (primary N) is 1. The standard InChI is InChI=1S/C19H20BrN3O3S/c1-11(2)10-26-16-7-6-13(20)9-15(16)18(25)23-19(27)22-14-5-3-4-12(8-14)17(21)24/h3-9,11H,10H2,1-2H3,(H2,21,24)(H2,22,23,25,27). The number of anilines is 1. The van der Waals surface area contributed by atoms with Crippen LogP contribution in [0.4, 0.5) is 5.69 Å². The highest BCUT2D eigenvalue weighted by Crippen LogP contribution is 2.24. The molecule has 0 aliphatic carbocycles. The Morgan fingerprint density at radius 2 is 1.96 bits per heavy atom. The molecule has 2 rings (SSSR count). The number of nitrogens with one attached hydrogen (secondary N) is 2. The smallest absolute Gasteiger partial charge is 0.261 e. The molecule has 0 radical (unpaired) electrons. The van der Waals surface area contributed by atoms with Crippen molar-refractivity contribution in [3.05, 3.63) is 58.1 Å². The van der Waals surface area contributed by atoms with E-state index in [1.54, 1.807) is 42.5 Å². The topological polar surface area (TPSA) is 93.4 Å². The lowest BCUT2D eigenvalue weighted by Crippen LogP contribution is -2.34. The summed E-state index contributed by atoms with van der Waals surface area (Å²) in [6.07, 6.45) is 0. The Kier molecular flexibility index (Phi) is 7.32. The molecule has 2 aromatic carbocycles. The van der Waals surface area contributed by atoms with Crippen LogP contribution in [-0.4, -0.2) is 23.5 Å². The average molecular weight is 450 g/mol. The molecule has 2 aromatic rings. The first-order chi connectivity index (χ1) is 12.8. The summed E-state index contributed by atoms with van der Waals surface area (Å²) in [6.45, 7) is 4.54. The van der Waals surface area contributed by atoms with E-state index in [1.807, 2.05) is 13.8 Å². The Balaban J connectivity index is 2.10. The monoisotopic (exact) mass is 449 g/mol. The van der Waals surface area contributed by atoms with Crippen molar-refractivity contribution in [3.8, 4) is 5.75 Å². The van der Waals surface area contributed by atoms with Gasteiger partial charge in [-0.05, 0) is 54.5 Å². The number of carbonyl (C=O) groups is 2. The molecule has 27 heavy (non-hydrogen) atoms. The van der Waals surface area contributed by atoms with Crippen molar-refractivity contribution >= 4 is 50.8 Å². The van der Waals surface area contributed by atoms with Gasteiger partial charge in [0.15, 0.2) is 5.11 Å². The van der Waals surface area contributed by atoms with Gasteiger partial charge in [0, 0.05) is 15.7 Å². The number of ether oxygens (including phenoxy) is 1. The molecule has 2 amide bonds. The Labute approximate surface area is 171 Å². The van der Waals surface area contributed by atoms with Crippen LogP contribution in [0.5, 0.6) is 5.75 Å². The Morgan fingerprint density at radius 3 is 2.63 bits per heavy atom. The summed E-state index contributed by atoms with van der Waals surface area (Å²) in [5.41, 5.74) is 6.51. The summed E-state index contributed by atoms with van der Waals surface area (Å²) in [5, 5.41) is 5.57. The van der Waals surface area contributed by atoms with Crippen LogP contribution in [-0.2, 0) is 0 Å². The van der Waals surface area contributed by atoms with Crippen molar-refractivity contribution in [1.29, 1.82) is 0 Å². The summed E-state index contributed by atoms with van der Waals surface area (Å²) < 4.78 is 6.47. The normalized spacial score (nSPS) is 10.4. The van der Waals surface area contributed by atoms with Crippen molar-refractivity contribution in [2.45, 2.75) is 13.8 Å². The number of halogens is 1. The van der Waals surface area contributed by atoms with E-state index >= 15 is 0 Å². The quantitative estimate of drug-likeness (QED) is 0.584. The van der Waals surface area contributed by atoms with Crippen LogP contribution in [0.2, 0.25) is 0 Å². The number of hydrogen-bond donors (Lipinski definition) is 3. The zero-order valence-electron chi connectivity index (χ0n) is 14.9. The molecule has 0 spiro atoms. The molecule has 8 heteroatoms. The van der Waals surface area contributed by atoms with Gasteiger partial charge in [-0.15, -0.1) is 0 Å². The molecular formula is C19H20BrN3O3S. The Bertz CT molecular complexity index is 871. The molecular weight excluding hydrogens is 430 g/mol. The summed E-state index contributed by atoms with van der Waals surface area (Å²) in [5.74, 6) is -0.152. The zero-order valence-corrected chi connectivity index (χ0v) is 17.3. The molecule has 0 saturated carbocycles. The number of rotatable bonds is 6.